The van der Waals surface area contributed by atoms with Crippen molar-refractivity contribution in [3.05, 3.63) is 54.4 Å². The smallest absolute Gasteiger partial charge is 0.267 e. The minimum absolute atomic E-state index is 0.106. The zero-order valence-corrected chi connectivity index (χ0v) is 6.92. The van der Waals surface area contributed by atoms with Gasteiger partial charge in [0.15, 0.2) is 0 Å². The van der Waals surface area contributed by atoms with Crippen molar-refractivity contribution < 1.29 is 4.79 Å². The molecule has 0 radical (unpaired) electrons. The summed E-state index contributed by atoms with van der Waals surface area (Å²) < 4.78 is 1.31. The van der Waals surface area contributed by atoms with Crippen molar-refractivity contribution in [3.63, 3.8) is 0 Å². The lowest BCUT2D eigenvalue weighted by atomic mass is 10.2. The van der Waals surface area contributed by atoms with Crippen molar-refractivity contribution in [1.29, 1.82) is 0 Å². The molecule has 0 bridgehead atoms. The maximum atomic E-state index is 11.6. The average molecular weight is 172 g/mol. The van der Waals surface area contributed by atoms with Crippen LogP contribution in [-0.2, 0) is 0 Å². The molecule has 1 aromatic heterocycles. The Morgan fingerprint density at radius 2 is 1.92 bits per heavy atom. The fourth-order valence-corrected chi connectivity index (χ4v) is 1.10. The third kappa shape index (κ3) is 1.49. The van der Waals surface area contributed by atoms with Crippen LogP contribution in [0.3, 0.4) is 0 Å². The molecule has 0 aliphatic heterocycles. The Morgan fingerprint density at radius 3 is 2.54 bits per heavy atom. The van der Waals surface area contributed by atoms with Crippen molar-refractivity contribution >= 4 is 5.91 Å². The fourth-order valence-electron chi connectivity index (χ4n) is 1.10. The number of carbonyl (C=O) groups excluding carboxylic acids is 1. The molecular formula is C10H8N2O. The fraction of sp³-hybridized carbons (Fsp3) is 0. The molecule has 0 spiro atoms. The van der Waals surface area contributed by atoms with Crippen LogP contribution in [0.5, 0.6) is 0 Å². The number of rotatable bonds is 1. The van der Waals surface area contributed by atoms with E-state index in [1.165, 1.54) is 4.68 Å². The van der Waals surface area contributed by atoms with Gasteiger partial charge in [-0.15, -0.1) is 0 Å². The second-order valence-corrected chi connectivity index (χ2v) is 2.62. The highest BCUT2D eigenvalue weighted by Gasteiger charge is 2.05. The quantitative estimate of drug-likeness (QED) is 0.654. The van der Waals surface area contributed by atoms with Gasteiger partial charge < -0.3 is 0 Å². The van der Waals surface area contributed by atoms with Crippen molar-refractivity contribution in [2.75, 3.05) is 0 Å². The van der Waals surface area contributed by atoms with E-state index in [0.717, 1.165) is 0 Å². The minimum atomic E-state index is -0.106. The highest BCUT2D eigenvalue weighted by Crippen LogP contribution is 2.00. The first kappa shape index (κ1) is 7.73. The van der Waals surface area contributed by atoms with Gasteiger partial charge in [0.05, 0.1) is 0 Å². The lowest BCUT2D eigenvalue weighted by molar-refractivity contribution is 0.0945. The van der Waals surface area contributed by atoms with Gasteiger partial charge in [-0.3, -0.25) is 4.79 Å². The topological polar surface area (TPSA) is 34.9 Å². The summed E-state index contributed by atoms with van der Waals surface area (Å²) >= 11 is 0. The molecule has 64 valence electrons. The van der Waals surface area contributed by atoms with Gasteiger partial charge in [-0.1, -0.05) is 18.2 Å². The predicted molar refractivity (Wildman–Crippen MR) is 48.4 cm³/mol. The first-order chi connectivity index (χ1) is 6.38. The Morgan fingerprint density at radius 1 is 1.15 bits per heavy atom. The van der Waals surface area contributed by atoms with Crippen molar-refractivity contribution in [2.24, 2.45) is 0 Å². The average Bonchev–Trinajstić information content (AvgIpc) is 2.71. The normalized spacial score (nSPS) is 9.85. The lowest BCUT2D eigenvalue weighted by Gasteiger charge is -1.98. The molecule has 0 saturated carbocycles. The summed E-state index contributed by atoms with van der Waals surface area (Å²) in [5.74, 6) is -0.106. The Kier molecular flexibility index (Phi) is 1.92. The zero-order valence-electron chi connectivity index (χ0n) is 6.92. The summed E-state index contributed by atoms with van der Waals surface area (Å²) in [4.78, 5) is 11.6. The molecule has 0 aliphatic carbocycles. The largest absolute Gasteiger partial charge is 0.278 e. The van der Waals surface area contributed by atoms with E-state index in [1.54, 1.807) is 30.6 Å². The Hall–Kier alpha value is -1.90. The van der Waals surface area contributed by atoms with E-state index >= 15 is 0 Å². The van der Waals surface area contributed by atoms with Crippen molar-refractivity contribution in [1.82, 2.24) is 9.78 Å². The van der Waals surface area contributed by atoms with E-state index in [4.69, 9.17) is 0 Å². The molecule has 3 nitrogen and oxygen atoms in total. The second-order valence-electron chi connectivity index (χ2n) is 2.62. The van der Waals surface area contributed by atoms with E-state index in [1.807, 2.05) is 18.2 Å². The molecule has 0 unspecified atom stereocenters. The van der Waals surface area contributed by atoms with Crippen LogP contribution in [0, 0.1) is 0 Å². The molecule has 2 rings (SSSR count). The molecule has 1 aromatic carbocycles. The summed E-state index contributed by atoms with van der Waals surface area (Å²) in [6.45, 7) is 0. The second kappa shape index (κ2) is 3.23. The maximum Gasteiger partial charge on any atom is 0.278 e. The van der Waals surface area contributed by atoms with Gasteiger partial charge in [0.25, 0.3) is 5.91 Å². The van der Waals surface area contributed by atoms with E-state index in [0.29, 0.717) is 5.56 Å². The minimum Gasteiger partial charge on any atom is -0.267 e. The summed E-state index contributed by atoms with van der Waals surface area (Å²) in [7, 11) is 0. The predicted octanol–water partition coefficient (Wildman–Crippen LogP) is 1.57. The summed E-state index contributed by atoms with van der Waals surface area (Å²) in [5, 5.41) is 3.86. The number of hydrogen-bond acceptors (Lipinski definition) is 2. The van der Waals surface area contributed by atoms with Crippen molar-refractivity contribution in [2.45, 2.75) is 0 Å². The summed E-state index contributed by atoms with van der Waals surface area (Å²) in [5.41, 5.74) is 0.645. The van der Waals surface area contributed by atoms with E-state index in [9.17, 15) is 4.79 Å². The van der Waals surface area contributed by atoms with Gasteiger partial charge in [0, 0.05) is 18.0 Å². The van der Waals surface area contributed by atoms with Crippen molar-refractivity contribution in [3.8, 4) is 0 Å². The first-order valence-electron chi connectivity index (χ1n) is 3.97. The van der Waals surface area contributed by atoms with Gasteiger partial charge in [0.1, 0.15) is 0 Å². The highest BCUT2D eigenvalue weighted by atomic mass is 16.2. The van der Waals surface area contributed by atoms with Gasteiger partial charge in [-0.05, 0) is 18.2 Å². The zero-order chi connectivity index (χ0) is 9.10. The molecule has 0 atom stereocenters. The number of nitrogens with zero attached hydrogens (tertiary/aromatic N) is 2. The van der Waals surface area contributed by atoms with Crippen LogP contribution in [0.4, 0.5) is 0 Å². The molecule has 1 heterocycles. The van der Waals surface area contributed by atoms with Gasteiger partial charge in [-0.2, -0.15) is 5.10 Å². The molecule has 0 amide bonds. The molecule has 0 aliphatic rings. The summed E-state index contributed by atoms with van der Waals surface area (Å²) in [6, 6.07) is 10.8. The molecular weight excluding hydrogens is 164 g/mol. The molecule has 2 aromatic rings. The SMILES string of the molecule is O=C(c1ccccc1)n1cccn1. The van der Waals surface area contributed by atoms with Crippen LogP contribution in [0.2, 0.25) is 0 Å². The number of aromatic nitrogens is 2. The first-order valence-corrected chi connectivity index (χ1v) is 3.97. The summed E-state index contributed by atoms with van der Waals surface area (Å²) in [6.07, 6.45) is 3.22. The van der Waals surface area contributed by atoms with Gasteiger partial charge in [0.2, 0.25) is 0 Å². The molecule has 3 heteroatoms. The number of carbonyl (C=O) groups is 1. The Bertz CT molecular complexity index is 392. The van der Waals surface area contributed by atoms with E-state index in [2.05, 4.69) is 5.10 Å². The molecule has 0 N–H and O–H groups in total. The molecule has 0 saturated heterocycles. The number of hydrogen-bond donors (Lipinski definition) is 0. The highest BCUT2D eigenvalue weighted by molar-refractivity contribution is 5.95. The molecule has 13 heavy (non-hydrogen) atoms. The Labute approximate surface area is 75.6 Å². The third-order valence-corrected chi connectivity index (χ3v) is 1.73. The van der Waals surface area contributed by atoms with Gasteiger partial charge in [-0.25, -0.2) is 4.68 Å². The van der Waals surface area contributed by atoms with Gasteiger partial charge >= 0.3 is 0 Å². The standard InChI is InChI=1S/C10H8N2O/c13-10(12-8-4-7-11-12)9-5-2-1-3-6-9/h1-8H. The van der Waals surface area contributed by atoms with Crippen LogP contribution in [0.1, 0.15) is 10.4 Å². The molecule has 0 fully saturated rings. The van der Waals surface area contributed by atoms with Crippen LogP contribution in [-0.4, -0.2) is 15.7 Å². The number of benzene rings is 1. The van der Waals surface area contributed by atoms with Crippen LogP contribution in [0.25, 0.3) is 0 Å². The monoisotopic (exact) mass is 172 g/mol. The van der Waals surface area contributed by atoms with E-state index in [-0.39, 0.29) is 5.91 Å². The van der Waals surface area contributed by atoms with Crippen LogP contribution < -0.4 is 0 Å². The lowest BCUT2D eigenvalue weighted by Crippen LogP contribution is -2.11. The van der Waals surface area contributed by atoms with Crippen LogP contribution in [0.15, 0.2) is 48.8 Å². The van der Waals surface area contributed by atoms with Crippen LogP contribution >= 0.6 is 0 Å². The van der Waals surface area contributed by atoms with E-state index < -0.39 is 0 Å². The maximum absolute atomic E-state index is 11.6. The third-order valence-electron chi connectivity index (χ3n) is 1.73. The Balaban J connectivity index is 2.34.